The highest BCUT2D eigenvalue weighted by molar-refractivity contribution is 6.30. The predicted molar refractivity (Wildman–Crippen MR) is 91.1 cm³/mol. The van der Waals surface area contributed by atoms with Gasteiger partial charge in [-0.1, -0.05) is 17.7 Å². The molecule has 2 aromatic heterocycles. The second kappa shape index (κ2) is 7.52. The molecule has 0 bridgehead atoms. The molecule has 6 nitrogen and oxygen atoms in total. The van der Waals surface area contributed by atoms with Gasteiger partial charge in [-0.25, -0.2) is 0 Å². The summed E-state index contributed by atoms with van der Waals surface area (Å²) in [6.45, 7) is 0.383. The molecule has 0 atom stereocenters. The zero-order chi connectivity index (χ0) is 18.6. The first-order chi connectivity index (χ1) is 12.4. The van der Waals surface area contributed by atoms with Gasteiger partial charge in [0.1, 0.15) is 0 Å². The smallest absolute Gasteiger partial charge is 0.363 e. The fourth-order valence-corrected chi connectivity index (χ4v) is 2.28. The summed E-state index contributed by atoms with van der Waals surface area (Å²) in [4.78, 5) is 8.26. The van der Waals surface area contributed by atoms with Crippen LogP contribution < -0.4 is 10.6 Å². The molecule has 0 amide bonds. The van der Waals surface area contributed by atoms with E-state index in [9.17, 15) is 13.2 Å². The second-order valence-electron chi connectivity index (χ2n) is 5.15. The highest BCUT2D eigenvalue weighted by atomic mass is 35.5. The molecule has 0 aliphatic heterocycles. The third-order valence-electron chi connectivity index (χ3n) is 3.27. The van der Waals surface area contributed by atoms with Crippen LogP contribution in [0.5, 0.6) is 0 Å². The number of nitrogens with one attached hydrogen (secondary N) is 2. The molecule has 0 spiro atoms. The van der Waals surface area contributed by atoms with Gasteiger partial charge in [-0.05, 0) is 30.3 Å². The van der Waals surface area contributed by atoms with Crippen LogP contribution in [0.4, 0.5) is 30.6 Å². The molecule has 26 heavy (non-hydrogen) atoms. The van der Waals surface area contributed by atoms with Crippen molar-refractivity contribution in [2.75, 3.05) is 10.6 Å². The molecule has 3 aromatic rings. The normalized spacial score (nSPS) is 11.2. The highest BCUT2D eigenvalue weighted by Gasteiger charge is 2.34. The zero-order valence-electron chi connectivity index (χ0n) is 13.1. The molecule has 0 fully saturated rings. The number of pyridine rings is 1. The Morgan fingerprint density at radius 3 is 2.69 bits per heavy atom. The van der Waals surface area contributed by atoms with Gasteiger partial charge in [0.25, 0.3) is 0 Å². The molecule has 1 aromatic carbocycles. The van der Waals surface area contributed by atoms with Gasteiger partial charge in [-0.2, -0.15) is 23.3 Å². The Bertz CT molecular complexity index is 889. The minimum atomic E-state index is -4.57. The summed E-state index contributed by atoms with van der Waals surface area (Å²) in [6, 6.07) is 8.85. The van der Waals surface area contributed by atoms with Crippen molar-refractivity contribution >= 4 is 29.1 Å². The average molecular weight is 381 g/mol. The van der Waals surface area contributed by atoms with E-state index in [0.29, 0.717) is 12.4 Å². The van der Waals surface area contributed by atoms with Crippen LogP contribution in [0.3, 0.4) is 0 Å². The predicted octanol–water partition coefficient (Wildman–Crippen LogP) is 4.29. The first-order valence-corrected chi connectivity index (χ1v) is 7.77. The topological polar surface area (TPSA) is 75.6 Å². The SMILES string of the molecule is FC(F)(F)c1cc(Cl)ccc1Nc1nncc(NCc2ccccn2)n1. The molecule has 0 unspecified atom stereocenters. The summed E-state index contributed by atoms with van der Waals surface area (Å²) < 4.78 is 39.4. The average Bonchev–Trinajstić information content (AvgIpc) is 2.62. The maximum absolute atomic E-state index is 13.1. The van der Waals surface area contributed by atoms with E-state index in [1.165, 1.54) is 18.3 Å². The first kappa shape index (κ1) is 17.9. The van der Waals surface area contributed by atoms with Crippen LogP contribution in [0.1, 0.15) is 11.3 Å². The molecule has 134 valence electrons. The van der Waals surface area contributed by atoms with E-state index >= 15 is 0 Å². The van der Waals surface area contributed by atoms with Crippen molar-refractivity contribution in [3.63, 3.8) is 0 Å². The Morgan fingerprint density at radius 2 is 1.96 bits per heavy atom. The number of nitrogens with zero attached hydrogens (tertiary/aromatic N) is 4. The zero-order valence-corrected chi connectivity index (χ0v) is 13.9. The largest absolute Gasteiger partial charge is 0.418 e. The standard InChI is InChI=1S/C16H12ClF3N6/c17-10-4-5-13(12(7-10)16(18,19)20)24-15-25-14(9-23-26-15)22-8-11-3-1-2-6-21-11/h1-7,9H,8H2,(H2,22,24,25,26). The second-order valence-corrected chi connectivity index (χ2v) is 5.59. The van der Waals surface area contributed by atoms with Crippen molar-refractivity contribution in [1.29, 1.82) is 0 Å². The van der Waals surface area contributed by atoms with E-state index in [0.717, 1.165) is 11.8 Å². The van der Waals surface area contributed by atoms with Gasteiger partial charge in [-0.15, -0.1) is 5.10 Å². The maximum atomic E-state index is 13.1. The van der Waals surface area contributed by atoms with E-state index in [1.807, 2.05) is 12.1 Å². The number of halogens is 4. The van der Waals surface area contributed by atoms with Gasteiger partial charge < -0.3 is 10.6 Å². The van der Waals surface area contributed by atoms with Crippen LogP contribution in [0.2, 0.25) is 5.02 Å². The molecular weight excluding hydrogens is 369 g/mol. The van der Waals surface area contributed by atoms with E-state index in [2.05, 4.69) is 30.8 Å². The monoisotopic (exact) mass is 380 g/mol. The van der Waals surface area contributed by atoms with Crippen LogP contribution in [0, 0.1) is 0 Å². The minimum Gasteiger partial charge on any atom is -0.363 e. The van der Waals surface area contributed by atoms with Gasteiger partial charge >= 0.3 is 6.18 Å². The number of hydrogen-bond donors (Lipinski definition) is 2. The lowest BCUT2D eigenvalue weighted by Crippen LogP contribution is -2.11. The molecule has 2 heterocycles. The Balaban J connectivity index is 1.77. The first-order valence-electron chi connectivity index (χ1n) is 7.39. The van der Waals surface area contributed by atoms with E-state index in [4.69, 9.17) is 11.6 Å². The number of rotatable bonds is 5. The van der Waals surface area contributed by atoms with E-state index in [-0.39, 0.29) is 16.7 Å². The summed E-state index contributed by atoms with van der Waals surface area (Å²) in [7, 11) is 0. The van der Waals surface area contributed by atoms with Crippen LogP contribution in [0.15, 0.2) is 48.8 Å². The fraction of sp³-hybridized carbons (Fsp3) is 0.125. The highest BCUT2D eigenvalue weighted by Crippen LogP contribution is 2.37. The molecule has 0 aliphatic carbocycles. The molecule has 3 rings (SSSR count). The summed E-state index contributed by atoms with van der Waals surface area (Å²) in [5, 5.41) is 12.9. The molecule has 2 N–H and O–H groups in total. The number of aromatic nitrogens is 4. The quantitative estimate of drug-likeness (QED) is 0.687. The molecule has 10 heteroatoms. The number of alkyl halides is 3. The lowest BCUT2D eigenvalue weighted by molar-refractivity contribution is -0.136. The minimum absolute atomic E-state index is 0.0207. The molecule has 0 saturated heterocycles. The van der Waals surface area contributed by atoms with Crippen molar-refractivity contribution in [2.24, 2.45) is 0 Å². The summed E-state index contributed by atoms with van der Waals surface area (Å²) in [5.41, 5.74) is -0.358. The Morgan fingerprint density at radius 1 is 1.12 bits per heavy atom. The summed E-state index contributed by atoms with van der Waals surface area (Å²) in [5.74, 6) is 0.263. The van der Waals surface area contributed by atoms with Gasteiger partial charge in [0.05, 0.1) is 29.7 Å². The third-order valence-corrected chi connectivity index (χ3v) is 3.50. The molecule has 0 radical (unpaired) electrons. The van der Waals surface area contributed by atoms with Crippen molar-refractivity contribution < 1.29 is 13.2 Å². The molecular formula is C16H12ClF3N6. The number of benzene rings is 1. The van der Waals surface area contributed by atoms with Crippen LogP contribution in [0.25, 0.3) is 0 Å². The van der Waals surface area contributed by atoms with Crippen LogP contribution in [-0.2, 0) is 12.7 Å². The fourth-order valence-electron chi connectivity index (χ4n) is 2.11. The lowest BCUT2D eigenvalue weighted by atomic mass is 10.1. The number of hydrogen-bond acceptors (Lipinski definition) is 6. The van der Waals surface area contributed by atoms with Crippen LogP contribution in [-0.4, -0.2) is 20.2 Å². The van der Waals surface area contributed by atoms with E-state index < -0.39 is 11.7 Å². The lowest BCUT2D eigenvalue weighted by Gasteiger charge is -2.14. The van der Waals surface area contributed by atoms with Gasteiger partial charge in [0.15, 0.2) is 5.82 Å². The van der Waals surface area contributed by atoms with Gasteiger partial charge in [0.2, 0.25) is 5.95 Å². The van der Waals surface area contributed by atoms with Crippen molar-refractivity contribution in [2.45, 2.75) is 12.7 Å². The summed E-state index contributed by atoms with van der Waals surface area (Å²) >= 11 is 5.66. The van der Waals surface area contributed by atoms with Crippen LogP contribution >= 0.6 is 11.6 Å². The maximum Gasteiger partial charge on any atom is 0.418 e. The Labute approximate surface area is 151 Å². The Kier molecular flexibility index (Phi) is 5.17. The molecule has 0 aliphatic rings. The van der Waals surface area contributed by atoms with Gasteiger partial charge in [-0.3, -0.25) is 4.98 Å². The van der Waals surface area contributed by atoms with Crippen molar-refractivity contribution in [3.05, 3.63) is 65.1 Å². The van der Waals surface area contributed by atoms with Crippen molar-refractivity contribution in [3.8, 4) is 0 Å². The molecule has 0 saturated carbocycles. The Hall–Kier alpha value is -2.94. The van der Waals surface area contributed by atoms with Gasteiger partial charge in [0, 0.05) is 11.2 Å². The number of anilines is 3. The van der Waals surface area contributed by atoms with Crippen molar-refractivity contribution in [1.82, 2.24) is 20.2 Å². The van der Waals surface area contributed by atoms with E-state index in [1.54, 1.807) is 12.3 Å². The summed E-state index contributed by atoms with van der Waals surface area (Å²) in [6.07, 6.45) is -1.56. The third kappa shape index (κ3) is 4.57.